The van der Waals surface area contributed by atoms with Crippen molar-refractivity contribution in [2.75, 3.05) is 12.4 Å². The Morgan fingerprint density at radius 1 is 1.40 bits per heavy atom. The molecular formula is C11H15FO2S. The third kappa shape index (κ3) is 3.48. The van der Waals surface area contributed by atoms with Crippen molar-refractivity contribution in [2.24, 2.45) is 5.92 Å². The number of aliphatic hydroxyl groups is 2. The summed E-state index contributed by atoms with van der Waals surface area (Å²) in [6.07, 6.45) is 0. The minimum atomic E-state index is -0.309. The summed E-state index contributed by atoms with van der Waals surface area (Å²) in [5.74, 6) is 0.461. The van der Waals surface area contributed by atoms with Gasteiger partial charge in [0.1, 0.15) is 5.82 Å². The maximum atomic E-state index is 13.4. The number of aliphatic hydroxyl groups excluding tert-OH is 2. The van der Waals surface area contributed by atoms with E-state index in [1.54, 1.807) is 12.1 Å². The minimum Gasteiger partial charge on any atom is -0.396 e. The zero-order chi connectivity index (χ0) is 11.3. The fourth-order valence-electron chi connectivity index (χ4n) is 1.12. The van der Waals surface area contributed by atoms with E-state index in [0.29, 0.717) is 16.2 Å². The molecule has 0 bridgehead atoms. The zero-order valence-electron chi connectivity index (χ0n) is 8.61. The molecule has 4 heteroatoms. The highest BCUT2D eigenvalue weighted by Crippen LogP contribution is 2.27. The quantitative estimate of drug-likeness (QED) is 0.760. The van der Waals surface area contributed by atoms with Gasteiger partial charge < -0.3 is 10.2 Å². The first-order valence-corrected chi connectivity index (χ1v) is 5.79. The zero-order valence-corrected chi connectivity index (χ0v) is 9.43. The summed E-state index contributed by atoms with van der Waals surface area (Å²) in [4.78, 5) is 0.486. The first kappa shape index (κ1) is 12.5. The Balaban J connectivity index is 2.74. The Morgan fingerprint density at radius 2 is 2.13 bits per heavy atom. The van der Waals surface area contributed by atoms with E-state index in [-0.39, 0.29) is 24.9 Å². The summed E-state index contributed by atoms with van der Waals surface area (Å²) >= 11 is 1.34. The molecule has 0 fully saturated rings. The second kappa shape index (κ2) is 6.10. The summed E-state index contributed by atoms with van der Waals surface area (Å²) in [7, 11) is 0. The molecule has 0 radical (unpaired) electrons. The van der Waals surface area contributed by atoms with Crippen molar-refractivity contribution in [1.29, 1.82) is 0 Å². The van der Waals surface area contributed by atoms with Crippen molar-refractivity contribution in [3.05, 3.63) is 29.6 Å². The van der Waals surface area contributed by atoms with Crippen molar-refractivity contribution >= 4 is 11.8 Å². The van der Waals surface area contributed by atoms with Crippen molar-refractivity contribution in [1.82, 2.24) is 0 Å². The van der Waals surface area contributed by atoms with Crippen LogP contribution >= 0.6 is 11.8 Å². The molecular weight excluding hydrogens is 215 g/mol. The van der Waals surface area contributed by atoms with Gasteiger partial charge in [-0.2, -0.15) is 0 Å². The maximum Gasteiger partial charge on any atom is 0.137 e. The molecule has 0 saturated heterocycles. The second-order valence-corrected chi connectivity index (χ2v) is 4.52. The molecule has 2 N–H and O–H groups in total. The Hall–Kier alpha value is -0.580. The van der Waals surface area contributed by atoms with Crippen LogP contribution in [0.4, 0.5) is 4.39 Å². The van der Waals surface area contributed by atoms with Crippen molar-refractivity contribution in [2.45, 2.75) is 18.4 Å². The highest BCUT2D eigenvalue weighted by Gasteiger charge is 2.10. The van der Waals surface area contributed by atoms with Gasteiger partial charge in [0.2, 0.25) is 0 Å². The largest absolute Gasteiger partial charge is 0.396 e. The summed E-state index contributed by atoms with van der Waals surface area (Å²) in [5, 5.41) is 17.9. The van der Waals surface area contributed by atoms with Crippen LogP contribution in [0, 0.1) is 11.7 Å². The van der Waals surface area contributed by atoms with Gasteiger partial charge >= 0.3 is 0 Å². The molecule has 0 spiro atoms. The number of hydrogen-bond donors (Lipinski definition) is 2. The van der Waals surface area contributed by atoms with Crippen molar-refractivity contribution in [3.63, 3.8) is 0 Å². The van der Waals surface area contributed by atoms with Crippen molar-refractivity contribution in [3.8, 4) is 0 Å². The summed E-state index contributed by atoms with van der Waals surface area (Å²) < 4.78 is 13.4. The minimum absolute atomic E-state index is 0.0932. The van der Waals surface area contributed by atoms with Crippen LogP contribution in [0.3, 0.4) is 0 Å². The number of rotatable bonds is 5. The van der Waals surface area contributed by atoms with E-state index < -0.39 is 0 Å². The van der Waals surface area contributed by atoms with Crippen LogP contribution in [0.2, 0.25) is 0 Å². The van der Waals surface area contributed by atoms with Crippen LogP contribution in [0.5, 0.6) is 0 Å². The summed E-state index contributed by atoms with van der Waals surface area (Å²) in [6, 6.07) is 4.67. The average molecular weight is 230 g/mol. The summed E-state index contributed by atoms with van der Waals surface area (Å²) in [5.41, 5.74) is 0.602. The van der Waals surface area contributed by atoms with Crippen LogP contribution in [0.1, 0.15) is 12.5 Å². The normalized spacial score (nSPS) is 12.8. The standard InChI is InChI=1S/C11H15FO2S/c1-8(5-13)7-15-11-9(6-14)3-2-4-10(11)12/h2-4,8,13-14H,5-7H2,1H3. The van der Waals surface area contributed by atoms with Gasteiger partial charge in [0.05, 0.1) is 6.61 Å². The average Bonchev–Trinajstić information content (AvgIpc) is 2.26. The van der Waals surface area contributed by atoms with Gasteiger partial charge in [0, 0.05) is 17.3 Å². The van der Waals surface area contributed by atoms with E-state index in [1.807, 2.05) is 6.92 Å². The Bertz CT molecular complexity index is 317. The molecule has 1 rings (SSSR count). The molecule has 1 aromatic rings. The van der Waals surface area contributed by atoms with Gasteiger partial charge in [0.15, 0.2) is 0 Å². The van der Waals surface area contributed by atoms with Crippen LogP contribution in [0.25, 0.3) is 0 Å². The first-order valence-electron chi connectivity index (χ1n) is 4.81. The van der Waals surface area contributed by atoms with Gasteiger partial charge in [-0.3, -0.25) is 0 Å². The lowest BCUT2D eigenvalue weighted by molar-refractivity contribution is 0.250. The van der Waals surface area contributed by atoms with E-state index in [2.05, 4.69) is 0 Å². The van der Waals surface area contributed by atoms with E-state index >= 15 is 0 Å². The monoisotopic (exact) mass is 230 g/mol. The Labute approximate surface area is 93.1 Å². The molecule has 2 nitrogen and oxygen atoms in total. The predicted octanol–water partition coefficient (Wildman–Crippen LogP) is 2.04. The van der Waals surface area contributed by atoms with Gasteiger partial charge in [-0.25, -0.2) is 4.39 Å². The maximum absolute atomic E-state index is 13.4. The highest BCUT2D eigenvalue weighted by molar-refractivity contribution is 7.99. The van der Waals surface area contributed by atoms with E-state index in [9.17, 15) is 4.39 Å². The van der Waals surface area contributed by atoms with E-state index in [1.165, 1.54) is 17.8 Å². The Morgan fingerprint density at radius 3 is 2.73 bits per heavy atom. The lowest BCUT2D eigenvalue weighted by Gasteiger charge is -2.10. The molecule has 0 aliphatic rings. The molecule has 15 heavy (non-hydrogen) atoms. The fraction of sp³-hybridized carbons (Fsp3) is 0.455. The fourth-order valence-corrected chi connectivity index (χ4v) is 2.20. The molecule has 84 valence electrons. The van der Waals surface area contributed by atoms with Crippen LogP contribution in [-0.2, 0) is 6.61 Å². The predicted molar refractivity (Wildman–Crippen MR) is 59.3 cm³/mol. The molecule has 0 amide bonds. The first-order chi connectivity index (χ1) is 7.19. The van der Waals surface area contributed by atoms with Crippen LogP contribution < -0.4 is 0 Å². The number of thioether (sulfide) groups is 1. The van der Waals surface area contributed by atoms with E-state index in [0.717, 1.165) is 0 Å². The number of benzene rings is 1. The smallest absolute Gasteiger partial charge is 0.137 e. The SMILES string of the molecule is CC(CO)CSc1c(F)cccc1CO. The molecule has 0 heterocycles. The second-order valence-electron chi connectivity index (χ2n) is 3.48. The van der Waals surface area contributed by atoms with Crippen molar-refractivity contribution < 1.29 is 14.6 Å². The molecule has 1 atom stereocenters. The third-order valence-corrected chi connectivity index (χ3v) is 3.52. The topological polar surface area (TPSA) is 40.5 Å². The van der Waals surface area contributed by atoms with Crippen LogP contribution in [-0.4, -0.2) is 22.6 Å². The third-order valence-electron chi connectivity index (χ3n) is 2.04. The van der Waals surface area contributed by atoms with E-state index in [4.69, 9.17) is 10.2 Å². The van der Waals surface area contributed by atoms with Gasteiger partial charge in [-0.05, 0) is 17.5 Å². The molecule has 1 unspecified atom stereocenters. The molecule has 0 saturated carbocycles. The lowest BCUT2D eigenvalue weighted by Crippen LogP contribution is -2.04. The van der Waals surface area contributed by atoms with Gasteiger partial charge in [-0.1, -0.05) is 19.1 Å². The lowest BCUT2D eigenvalue weighted by atomic mass is 10.2. The number of halogens is 1. The highest BCUT2D eigenvalue weighted by atomic mass is 32.2. The Kier molecular flexibility index (Phi) is 5.08. The molecule has 0 aliphatic carbocycles. The molecule has 0 aromatic heterocycles. The van der Waals surface area contributed by atoms with Gasteiger partial charge in [0.25, 0.3) is 0 Å². The summed E-state index contributed by atoms with van der Waals surface area (Å²) in [6.45, 7) is 1.83. The van der Waals surface area contributed by atoms with Gasteiger partial charge in [-0.15, -0.1) is 11.8 Å². The number of hydrogen-bond acceptors (Lipinski definition) is 3. The molecule has 1 aromatic carbocycles. The molecule has 0 aliphatic heterocycles. The van der Waals surface area contributed by atoms with Crippen LogP contribution in [0.15, 0.2) is 23.1 Å².